The molecule has 1 aliphatic rings. The van der Waals surface area contributed by atoms with E-state index in [4.69, 9.17) is 10.5 Å². The van der Waals surface area contributed by atoms with Gasteiger partial charge < -0.3 is 15.4 Å². The average molecular weight is 429 g/mol. The van der Waals surface area contributed by atoms with Gasteiger partial charge in [0.15, 0.2) is 0 Å². The largest absolute Gasteiger partial charge is 0.497 e. The van der Waals surface area contributed by atoms with E-state index in [1.807, 2.05) is 42.5 Å². The summed E-state index contributed by atoms with van der Waals surface area (Å²) in [6.45, 7) is 0.995. The lowest BCUT2D eigenvalue weighted by molar-refractivity contribution is -0.130. The number of hydrogen-bond donors (Lipinski definition) is 1. The van der Waals surface area contributed by atoms with E-state index in [0.717, 1.165) is 16.7 Å². The predicted octanol–water partition coefficient (Wildman–Crippen LogP) is 4.31. The van der Waals surface area contributed by atoms with Gasteiger partial charge in [0.2, 0.25) is 5.91 Å². The molecule has 1 heterocycles. The molecule has 4 rings (SSSR count). The molecule has 0 aliphatic carbocycles. The molecule has 5 heteroatoms. The Hall–Kier alpha value is -3.60. The van der Waals surface area contributed by atoms with Crippen molar-refractivity contribution in [3.63, 3.8) is 0 Å². The summed E-state index contributed by atoms with van der Waals surface area (Å²) >= 11 is 0. The Kier molecular flexibility index (Phi) is 6.26. The molecular weight excluding hydrogens is 400 g/mol. The summed E-state index contributed by atoms with van der Waals surface area (Å²) in [6.07, 6.45) is 1.67. The van der Waals surface area contributed by atoms with Crippen LogP contribution in [-0.4, -0.2) is 36.9 Å². The van der Waals surface area contributed by atoms with E-state index in [1.165, 1.54) is 0 Å². The molecule has 1 saturated heterocycles. The van der Waals surface area contributed by atoms with Crippen LogP contribution in [0, 0.1) is 5.41 Å². The fraction of sp³-hybridized carbons (Fsp3) is 0.259. The summed E-state index contributed by atoms with van der Waals surface area (Å²) in [6, 6.07) is 25.6. The molecule has 0 saturated carbocycles. The molecule has 32 heavy (non-hydrogen) atoms. The molecule has 1 fully saturated rings. The maximum Gasteiger partial charge on any atom is 0.253 e. The Morgan fingerprint density at radius 3 is 2.28 bits per heavy atom. The van der Waals surface area contributed by atoms with E-state index >= 15 is 0 Å². The second-order valence-electron chi connectivity index (χ2n) is 8.41. The zero-order chi connectivity index (χ0) is 22.6. The van der Waals surface area contributed by atoms with Crippen LogP contribution in [0.2, 0.25) is 0 Å². The van der Waals surface area contributed by atoms with E-state index < -0.39 is 5.41 Å². The molecule has 2 N–H and O–H groups in total. The van der Waals surface area contributed by atoms with Crippen LogP contribution in [0.5, 0.6) is 5.75 Å². The zero-order valence-electron chi connectivity index (χ0n) is 18.3. The normalized spacial score (nSPS) is 15.2. The molecular formula is C27H28N2O3. The van der Waals surface area contributed by atoms with Gasteiger partial charge in [-0.05, 0) is 54.2 Å². The number of benzene rings is 3. The van der Waals surface area contributed by atoms with Gasteiger partial charge in [-0.1, -0.05) is 60.7 Å². The quantitative estimate of drug-likeness (QED) is 0.636. The molecule has 2 amide bonds. The topological polar surface area (TPSA) is 72.6 Å². The Morgan fingerprint density at radius 1 is 0.906 bits per heavy atom. The number of nitrogens with zero attached hydrogens (tertiary/aromatic N) is 1. The van der Waals surface area contributed by atoms with E-state index in [-0.39, 0.29) is 11.8 Å². The Bertz CT molecular complexity index is 1100. The number of amides is 2. The summed E-state index contributed by atoms with van der Waals surface area (Å²) < 4.78 is 5.23. The number of likely N-dealkylation sites (tertiary alicyclic amines) is 1. The first-order chi connectivity index (χ1) is 15.5. The van der Waals surface area contributed by atoms with Gasteiger partial charge in [-0.2, -0.15) is 0 Å². The highest BCUT2D eigenvalue weighted by molar-refractivity contribution is 5.95. The molecule has 0 aromatic heterocycles. The number of carbonyl (C=O) groups is 2. The maximum atomic E-state index is 13.0. The first kappa shape index (κ1) is 21.6. The van der Waals surface area contributed by atoms with Gasteiger partial charge in [0.25, 0.3) is 5.91 Å². The van der Waals surface area contributed by atoms with E-state index in [0.29, 0.717) is 43.7 Å². The lowest BCUT2D eigenvalue weighted by Crippen LogP contribution is -2.49. The third-order valence-electron chi connectivity index (χ3n) is 6.42. The summed E-state index contributed by atoms with van der Waals surface area (Å²) in [4.78, 5) is 27.3. The van der Waals surface area contributed by atoms with Crippen molar-refractivity contribution in [1.82, 2.24) is 4.90 Å². The minimum Gasteiger partial charge on any atom is -0.497 e. The number of ether oxygens (including phenoxy) is 1. The average Bonchev–Trinajstić information content (AvgIpc) is 2.84. The molecule has 0 radical (unpaired) electrons. The SMILES string of the molecule is COc1cccc(C(=O)N2CCC(Cc3cccc(-c4ccccc4)c3)(C(N)=O)CC2)c1. The van der Waals surface area contributed by atoms with Gasteiger partial charge in [0.1, 0.15) is 5.75 Å². The number of piperidine rings is 1. The third kappa shape index (κ3) is 4.52. The molecule has 164 valence electrons. The van der Waals surface area contributed by atoms with Crippen LogP contribution in [0.1, 0.15) is 28.8 Å². The van der Waals surface area contributed by atoms with Crippen LogP contribution >= 0.6 is 0 Å². The smallest absolute Gasteiger partial charge is 0.253 e. The van der Waals surface area contributed by atoms with Crippen molar-refractivity contribution >= 4 is 11.8 Å². The van der Waals surface area contributed by atoms with Crippen molar-refractivity contribution in [2.24, 2.45) is 11.1 Å². The number of rotatable bonds is 6. The van der Waals surface area contributed by atoms with Gasteiger partial charge in [-0.15, -0.1) is 0 Å². The lowest BCUT2D eigenvalue weighted by Gasteiger charge is -2.40. The maximum absolute atomic E-state index is 13.0. The van der Waals surface area contributed by atoms with Crippen LogP contribution in [0.25, 0.3) is 11.1 Å². The Balaban J connectivity index is 1.49. The van der Waals surface area contributed by atoms with Crippen LogP contribution < -0.4 is 10.5 Å². The van der Waals surface area contributed by atoms with Crippen molar-refractivity contribution in [3.8, 4) is 16.9 Å². The second-order valence-corrected chi connectivity index (χ2v) is 8.41. The van der Waals surface area contributed by atoms with Crippen LogP contribution in [0.15, 0.2) is 78.9 Å². The molecule has 5 nitrogen and oxygen atoms in total. The third-order valence-corrected chi connectivity index (χ3v) is 6.42. The highest BCUT2D eigenvalue weighted by Crippen LogP contribution is 2.36. The monoisotopic (exact) mass is 428 g/mol. The zero-order valence-corrected chi connectivity index (χ0v) is 18.3. The predicted molar refractivity (Wildman–Crippen MR) is 125 cm³/mol. The number of primary amides is 1. The van der Waals surface area contributed by atoms with Crippen molar-refractivity contribution in [1.29, 1.82) is 0 Å². The summed E-state index contributed by atoms with van der Waals surface area (Å²) in [5, 5.41) is 0. The van der Waals surface area contributed by atoms with Crippen LogP contribution in [0.4, 0.5) is 0 Å². The van der Waals surface area contributed by atoms with E-state index in [9.17, 15) is 9.59 Å². The molecule has 3 aromatic rings. The van der Waals surface area contributed by atoms with Gasteiger partial charge in [-0.25, -0.2) is 0 Å². The fourth-order valence-corrected chi connectivity index (χ4v) is 4.47. The minimum absolute atomic E-state index is 0.0481. The molecule has 0 spiro atoms. The number of methoxy groups -OCH3 is 1. The van der Waals surface area contributed by atoms with Crippen LogP contribution in [-0.2, 0) is 11.2 Å². The van der Waals surface area contributed by atoms with Gasteiger partial charge in [0, 0.05) is 18.7 Å². The number of hydrogen-bond acceptors (Lipinski definition) is 3. The Morgan fingerprint density at radius 2 is 1.59 bits per heavy atom. The van der Waals surface area contributed by atoms with Crippen LogP contribution in [0.3, 0.4) is 0 Å². The van der Waals surface area contributed by atoms with Crippen molar-refractivity contribution in [3.05, 3.63) is 90.0 Å². The molecule has 1 aliphatic heterocycles. The first-order valence-corrected chi connectivity index (χ1v) is 10.9. The molecule has 3 aromatic carbocycles. The standard InChI is InChI=1S/C27H28N2O3/c1-32-24-12-6-11-23(18-24)25(30)29-15-13-27(14-16-29,26(28)31)19-20-7-5-10-22(17-20)21-8-3-2-4-9-21/h2-12,17-18H,13-16,19H2,1H3,(H2,28,31). The molecule has 0 atom stereocenters. The lowest BCUT2D eigenvalue weighted by atomic mass is 9.73. The summed E-state index contributed by atoms with van der Waals surface area (Å²) in [5.41, 5.74) is 9.19. The second kappa shape index (κ2) is 9.27. The summed E-state index contributed by atoms with van der Waals surface area (Å²) in [5.74, 6) is 0.307. The van der Waals surface area contributed by atoms with Crippen molar-refractivity contribution in [2.45, 2.75) is 19.3 Å². The molecule has 0 unspecified atom stereocenters. The highest BCUT2D eigenvalue weighted by Gasteiger charge is 2.41. The van der Waals surface area contributed by atoms with Gasteiger partial charge in [0.05, 0.1) is 12.5 Å². The van der Waals surface area contributed by atoms with E-state index in [1.54, 1.807) is 24.1 Å². The van der Waals surface area contributed by atoms with Crippen molar-refractivity contribution < 1.29 is 14.3 Å². The highest BCUT2D eigenvalue weighted by atomic mass is 16.5. The minimum atomic E-state index is -0.652. The molecule has 0 bridgehead atoms. The van der Waals surface area contributed by atoms with Gasteiger partial charge in [-0.3, -0.25) is 9.59 Å². The first-order valence-electron chi connectivity index (χ1n) is 10.9. The summed E-state index contributed by atoms with van der Waals surface area (Å²) in [7, 11) is 1.58. The van der Waals surface area contributed by atoms with E-state index in [2.05, 4.69) is 24.3 Å². The Labute approximate surface area is 188 Å². The van der Waals surface area contributed by atoms with Crippen molar-refractivity contribution in [2.75, 3.05) is 20.2 Å². The fourth-order valence-electron chi connectivity index (χ4n) is 4.47. The number of nitrogens with two attached hydrogens (primary N) is 1. The van der Waals surface area contributed by atoms with Gasteiger partial charge >= 0.3 is 0 Å². The number of carbonyl (C=O) groups excluding carboxylic acids is 2.